The predicted molar refractivity (Wildman–Crippen MR) is 83.8 cm³/mol. The fraction of sp³-hybridized carbons (Fsp3) is 0.200. The van der Waals surface area contributed by atoms with Gasteiger partial charge in [0.1, 0.15) is 0 Å². The van der Waals surface area contributed by atoms with Crippen molar-refractivity contribution >= 4 is 27.1 Å². The van der Waals surface area contributed by atoms with Crippen LogP contribution in [-0.2, 0) is 16.3 Å². The third-order valence-corrected chi connectivity index (χ3v) is 4.77. The molecule has 0 fully saturated rings. The molecule has 0 aliphatic heterocycles. The van der Waals surface area contributed by atoms with Crippen molar-refractivity contribution in [2.45, 2.75) is 18.2 Å². The molecule has 0 saturated carbocycles. The summed E-state index contributed by atoms with van der Waals surface area (Å²) in [4.78, 5) is 0.140. The molecule has 106 valence electrons. The molecule has 0 aliphatic carbocycles. The second kappa shape index (κ2) is 5.46. The van der Waals surface area contributed by atoms with E-state index in [1.54, 1.807) is 12.1 Å². The molecule has 0 amide bonds. The monoisotopic (exact) mass is 309 g/mol. The van der Waals surface area contributed by atoms with E-state index >= 15 is 0 Å². The Bertz CT molecular complexity index is 754. The number of rotatable bonds is 3. The van der Waals surface area contributed by atoms with Crippen LogP contribution in [0.5, 0.6) is 0 Å². The Balaban J connectivity index is 2.50. The zero-order valence-electron chi connectivity index (χ0n) is 11.4. The summed E-state index contributed by atoms with van der Waals surface area (Å²) >= 11 is 6.05. The molecule has 2 aromatic rings. The molecule has 5 heteroatoms. The van der Waals surface area contributed by atoms with Crippen LogP contribution in [0.4, 0.5) is 5.69 Å². The topological polar surface area (TPSA) is 60.2 Å². The molecule has 0 atom stereocenters. The predicted octanol–water partition coefficient (Wildman–Crippen LogP) is 3.56. The van der Waals surface area contributed by atoms with Crippen molar-refractivity contribution in [2.24, 2.45) is 0 Å². The maximum atomic E-state index is 11.5. The van der Waals surface area contributed by atoms with Crippen LogP contribution in [0.3, 0.4) is 0 Å². The lowest BCUT2D eigenvalue weighted by Gasteiger charge is -2.09. The van der Waals surface area contributed by atoms with Gasteiger partial charge in [0.2, 0.25) is 0 Å². The summed E-state index contributed by atoms with van der Waals surface area (Å²) in [6, 6.07) is 10.7. The number of sulfone groups is 1. The second-order valence-electron chi connectivity index (χ2n) is 4.68. The van der Waals surface area contributed by atoms with E-state index in [0.717, 1.165) is 35.1 Å². The van der Waals surface area contributed by atoms with Gasteiger partial charge in [-0.05, 0) is 41.3 Å². The first-order valence-corrected chi connectivity index (χ1v) is 8.48. The van der Waals surface area contributed by atoms with Crippen LogP contribution in [0.25, 0.3) is 11.1 Å². The van der Waals surface area contributed by atoms with Crippen molar-refractivity contribution < 1.29 is 8.42 Å². The lowest BCUT2D eigenvalue weighted by molar-refractivity contribution is 0.602. The summed E-state index contributed by atoms with van der Waals surface area (Å²) in [5, 5.41) is 0.225. The van der Waals surface area contributed by atoms with Crippen molar-refractivity contribution in [1.29, 1.82) is 0 Å². The first-order valence-electron chi connectivity index (χ1n) is 6.21. The number of hydrogen-bond acceptors (Lipinski definition) is 3. The lowest BCUT2D eigenvalue weighted by atomic mass is 10.0. The zero-order chi connectivity index (χ0) is 14.9. The minimum absolute atomic E-state index is 0.140. The SMILES string of the molecule is CCc1ccc(-c2ccc(S(C)(=O)=O)c(Cl)c2)cc1N. The summed E-state index contributed by atoms with van der Waals surface area (Å²) in [5.41, 5.74) is 9.56. The number of hydrogen-bond donors (Lipinski definition) is 1. The van der Waals surface area contributed by atoms with Crippen LogP contribution < -0.4 is 5.73 Å². The highest BCUT2D eigenvalue weighted by Gasteiger charge is 2.13. The molecule has 2 rings (SSSR count). The molecule has 20 heavy (non-hydrogen) atoms. The zero-order valence-corrected chi connectivity index (χ0v) is 12.9. The number of halogens is 1. The number of nitrogen functional groups attached to an aromatic ring is 1. The van der Waals surface area contributed by atoms with Gasteiger partial charge in [0.05, 0.1) is 9.92 Å². The lowest BCUT2D eigenvalue weighted by Crippen LogP contribution is -1.98. The molecule has 0 radical (unpaired) electrons. The van der Waals surface area contributed by atoms with Crippen LogP contribution in [0.1, 0.15) is 12.5 Å². The van der Waals surface area contributed by atoms with Crippen molar-refractivity contribution in [3.05, 3.63) is 47.0 Å². The van der Waals surface area contributed by atoms with Crippen LogP contribution in [0.2, 0.25) is 5.02 Å². The van der Waals surface area contributed by atoms with E-state index in [1.165, 1.54) is 6.07 Å². The highest BCUT2D eigenvalue weighted by Crippen LogP contribution is 2.30. The van der Waals surface area contributed by atoms with E-state index in [1.807, 2.05) is 25.1 Å². The van der Waals surface area contributed by atoms with Gasteiger partial charge in [0, 0.05) is 11.9 Å². The number of aryl methyl sites for hydroxylation is 1. The van der Waals surface area contributed by atoms with Gasteiger partial charge in [0.15, 0.2) is 9.84 Å². The third kappa shape index (κ3) is 2.97. The largest absolute Gasteiger partial charge is 0.398 e. The molecule has 0 unspecified atom stereocenters. The summed E-state index contributed by atoms with van der Waals surface area (Å²) in [6.45, 7) is 2.04. The molecule has 2 N–H and O–H groups in total. The highest BCUT2D eigenvalue weighted by atomic mass is 35.5. The van der Waals surface area contributed by atoms with Crippen molar-refractivity contribution in [3.8, 4) is 11.1 Å². The smallest absolute Gasteiger partial charge is 0.176 e. The number of nitrogens with two attached hydrogens (primary N) is 1. The third-order valence-electron chi connectivity index (χ3n) is 3.19. The average molecular weight is 310 g/mol. The Morgan fingerprint density at radius 1 is 1.10 bits per heavy atom. The molecule has 0 heterocycles. The van der Waals surface area contributed by atoms with Crippen LogP contribution in [-0.4, -0.2) is 14.7 Å². The van der Waals surface area contributed by atoms with Crippen molar-refractivity contribution in [3.63, 3.8) is 0 Å². The van der Waals surface area contributed by atoms with Gasteiger partial charge in [0.25, 0.3) is 0 Å². The molecule has 3 nitrogen and oxygen atoms in total. The molecular formula is C15H16ClNO2S. The Labute approximate surface area is 124 Å². The maximum absolute atomic E-state index is 11.5. The molecule has 2 aromatic carbocycles. The van der Waals surface area contributed by atoms with Gasteiger partial charge in [-0.15, -0.1) is 0 Å². The highest BCUT2D eigenvalue weighted by molar-refractivity contribution is 7.90. The van der Waals surface area contributed by atoms with E-state index in [4.69, 9.17) is 17.3 Å². The van der Waals surface area contributed by atoms with Gasteiger partial charge >= 0.3 is 0 Å². The Hall–Kier alpha value is -1.52. The van der Waals surface area contributed by atoms with Gasteiger partial charge in [-0.1, -0.05) is 36.7 Å². The van der Waals surface area contributed by atoms with E-state index in [0.29, 0.717) is 0 Å². The van der Waals surface area contributed by atoms with Crippen LogP contribution in [0, 0.1) is 0 Å². The molecule has 0 spiro atoms. The van der Waals surface area contributed by atoms with E-state index in [-0.39, 0.29) is 9.92 Å². The fourth-order valence-corrected chi connectivity index (χ4v) is 3.41. The van der Waals surface area contributed by atoms with E-state index in [9.17, 15) is 8.42 Å². The number of benzene rings is 2. The minimum Gasteiger partial charge on any atom is -0.398 e. The molecule has 0 saturated heterocycles. The van der Waals surface area contributed by atoms with Gasteiger partial charge in [-0.3, -0.25) is 0 Å². The molecule has 0 bridgehead atoms. The average Bonchev–Trinajstić information content (AvgIpc) is 2.37. The standard InChI is InChI=1S/C15H16ClNO2S/c1-3-10-4-5-12(9-14(10)17)11-6-7-15(13(16)8-11)20(2,18)19/h4-9H,3,17H2,1-2H3. The Kier molecular flexibility index (Phi) is 4.06. The summed E-state index contributed by atoms with van der Waals surface area (Å²) < 4.78 is 23.1. The fourth-order valence-electron chi connectivity index (χ4n) is 2.08. The van der Waals surface area contributed by atoms with Crippen molar-refractivity contribution in [2.75, 3.05) is 12.0 Å². The first kappa shape index (κ1) is 14.9. The summed E-state index contributed by atoms with van der Waals surface area (Å²) in [7, 11) is -3.31. The first-order chi connectivity index (χ1) is 9.32. The number of anilines is 1. The van der Waals surface area contributed by atoms with Crippen LogP contribution in [0.15, 0.2) is 41.3 Å². The maximum Gasteiger partial charge on any atom is 0.176 e. The Morgan fingerprint density at radius 3 is 2.20 bits per heavy atom. The van der Waals surface area contributed by atoms with Gasteiger partial charge < -0.3 is 5.73 Å². The summed E-state index contributed by atoms with van der Waals surface area (Å²) in [5.74, 6) is 0. The summed E-state index contributed by atoms with van der Waals surface area (Å²) in [6.07, 6.45) is 2.02. The van der Waals surface area contributed by atoms with Crippen LogP contribution >= 0.6 is 11.6 Å². The van der Waals surface area contributed by atoms with Gasteiger partial charge in [-0.2, -0.15) is 0 Å². The normalized spacial score (nSPS) is 11.6. The molecule has 0 aromatic heterocycles. The van der Waals surface area contributed by atoms with Gasteiger partial charge in [-0.25, -0.2) is 8.42 Å². The van der Waals surface area contributed by atoms with E-state index in [2.05, 4.69) is 0 Å². The quantitative estimate of drug-likeness (QED) is 0.882. The second-order valence-corrected chi connectivity index (χ2v) is 7.08. The molecular weight excluding hydrogens is 294 g/mol. The van der Waals surface area contributed by atoms with Crippen molar-refractivity contribution in [1.82, 2.24) is 0 Å². The minimum atomic E-state index is -3.31. The Morgan fingerprint density at radius 2 is 1.70 bits per heavy atom. The molecule has 0 aliphatic rings. The van der Waals surface area contributed by atoms with E-state index < -0.39 is 9.84 Å².